The van der Waals surface area contributed by atoms with E-state index in [4.69, 9.17) is 0 Å². The minimum atomic E-state index is -3.11. The first-order chi connectivity index (χ1) is 14.5. The van der Waals surface area contributed by atoms with Crippen LogP contribution in [0.15, 0.2) is 59.5 Å². The lowest BCUT2D eigenvalue weighted by Crippen LogP contribution is -2.48. The zero-order valence-corrected chi connectivity index (χ0v) is 18.9. The van der Waals surface area contributed by atoms with E-state index < -0.39 is 10.0 Å². The molecule has 0 bridgehead atoms. The number of rotatable bonds is 9. The standard InChI is InChI=1S/C22H29N3O3S2/c1-2-30(27,28)25-14-12-24(13-15-25)18-19-7-6-8-20(17-19)22(26)23-11-16-29-21-9-4-3-5-10-21/h3-10,17H,2,11-16,18H2,1H3,(H,23,26). The van der Waals surface area contributed by atoms with Crippen LogP contribution in [-0.2, 0) is 16.6 Å². The quantitative estimate of drug-likeness (QED) is 0.473. The van der Waals surface area contributed by atoms with Gasteiger partial charge in [0, 0.05) is 55.5 Å². The first-order valence-electron chi connectivity index (χ1n) is 10.2. The van der Waals surface area contributed by atoms with Crippen LogP contribution in [0.5, 0.6) is 0 Å². The molecule has 1 heterocycles. The van der Waals surface area contributed by atoms with E-state index >= 15 is 0 Å². The van der Waals surface area contributed by atoms with Crippen molar-refractivity contribution in [2.45, 2.75) is 18.4 Å². The summed E-state index contributed by atoms with van der Waals surface area (Å²) in [5, 5.41) is 2.98. The van der Waals surface area contributed by atoms with Gasteiger partial charge in [0.1, 0.15) is 0 Å². The summed E-state index contributed by atoms with van der Waals surface area (Å²) in [4.78, 5) is 15.9. The summed E-state index contributed by atoms with van der Waals surface area (Å²) in [6, 6.07) is 17.8. The molecular weight excluding hydrogens is 418 g/mol. The van der Waals surface area contributed by atoms with E-state index in [-0.39, 0.29) is 11.7 Å². The van der Waals surface area contributed by atoms with E-state index in [1.165, 1.54) is 4.90 Å². The van der Waals surface area contributed by atoms with E-state index in [1.807, 2.05) is 42.5 Å². The Labute approximate surface area is 183 Å². The molecule has 1 saturated heterocycles. The highest BCUT2D eigenvalue weighted by Gasteiger charge is 2.25. The van der Waals surface area contributed by atoms with Gasteiger partial charge in [0.25, 0.3) is 5.91 Å². The summed E-state index contributed by atoms with van der Waals surface area (Å²) in [6.07, 6.45) is 0. The maximum atomic E-state index is 12.5. The average molecular weight is 448 g/mol. The average Bonchev–Trinajstić information content (AvgIpc) is 2.78. The minimum absolute atomic E-state index is 0.0654. The van der Waals surface area contributed by atoms with Crippen LogP contribution in [0.3, 0.4) is 0 Å². The van der Waals surface area contributed by atoms with Crippen molar-refractivity contribution < 1.29 is 13.2 Å². The molecule has 1 fully saturated rings. The van der Waals surface area contributed by atoms with Gasteiger partial charge in [-0.1, -0.05) is 30.3 Å². The summed E-state index contributed by atoms with van der Waals surface area (Å²) in [5.41, 5.74) is 1.72. The van der Waals surface area contributed by atoms with Crippen molar-refractivity contribution in [1.82, 2.24) is 14.5 Å². The fourth-order valence-electron chi connectivity index (χ4n) is 3.37. The highest BCUT2D eigenvalue weighted by molar-refractivity contribution is 7.99. The number of sulfonamides is 1. The molecule has 0 radical (unpaired) electrons. The molecule has 0 atom stereocenters. The molecule has 30 heavy (non-hydrogen) atoms. The zero-order valence-electron chi connectivity index (χ0n) is 17.3. The van der Waals surface area contributed by atoms with Crippen molar-refractivity contribution in [1.29, 1.82) is 0 Å². The molecule has 1 amide bonds. The van der Waals surface area contributed by atoms with Gasteiger partial charge in [-0.3, -0.25) is 9.69 Å². The molecule has 0 spiro atoms. The molecular formula is C22H29N3O3S2. The van der Waals surface area contributed by atoms with Crippen LogP contribution in [0.25, 0.3) is 0 Å². The van der Waals surface area contributed by atoms with Gasteiger partial charge in [-0.15, -0.1) is 11.8 Å². The summed E-state index contributed by atoms with van der Waals surface area (Å²) >= 11 is 1.72. The topological polar surface area (TPSA) is 69.7 Å². The van der Waals surface area contributed by atoms with Crippen molar-refractivity contribution in [2.24, 2.45) is 0 Å². The van der Waals surface area contributed by atoms with Gasteiger partial charge in [-0.2, -0.15) is 4.31 Å². The van der Waals surface area contributed by atoms with E-state index in [0.29, 0.717) is 44.8 Å². The molecule has 3 rings (SSSR count). The van der Waals surface area contributed by atoms with Gasteiger partial charge in [-0.25, -0.2) is 8.42 Å². The Morgan fingerprint density at radius 3 is 2.47 bits per heavy atom. The molecule has 0 unspecified atom stereocenters. The number of amides is 1. The summed E-state index contributed by atoms with van der Waals surface area (Å²) < 4.78 is 25.5. The molecule has 1 N–H and O–H groups in total. The van der Waals surface area contributed by atoms with Crippen LogP contribution >= 0.6 is 11.8 Å². The number of nitrogens with zero attached hydrogens (tertiary/aromatic N) is 2. The predicted molar refractivity (Wildman–Crippen MR) is 122 cm³/mol. The first kappa shape index (κ1) is 22.8. The number of nitrogens with one attached hydrogen (secondary N) is 1. The van der Waals surface area contributed by atoms with Crippen LogP contribution in [-0.4, -0.2) is 67.8 Å². The number of hydrogen-bond donors (Lipinski definition) is 1. The fourth-order valence-corrected chi connectivity index (χ4v) is 5.24. The second kappa shape index (κ2) is 10.9. The second-order valence-corrected chi connectivity index (χ2v) is 10.6. The van der Waals surface area contributed by atoms with Crippen molar-refractivity contribution in [3.05, 3.63) is 65.7 Å². The number of thioether (sulfide) groups is 1. The normalized spacial score (nSPS) is 15.8. The Kier molecular flexibility index (Phi) is 8.32. The van der Waals surface area contributed by atoms with Crippen molar-refractivity contribution in [3.63, 3.8) is 0 Å². The number of carbonyl (C=O) groups is 1. The smallest absolute Gasteiger partial charge is 0.251 e. The van der Waals surface area contributed by atoms with Crippen LogP contribution in [0.4, 0.5) is 0 Å². The monoisotopic (exact) mass is 447 g/mol. The van der Waals surface area contributed by atoms with Gasteiger partial charge in [0.2, 0.25) is 10.0 Å². The van der Waals surface area contributed by atoms with Crippen LogP contribution in [0, 0.1) is 0 Å². The molecule has 1 aliphatic heterocycles. The van der Waals surface area contributed by atoms with Gasteiger partial charge in [0.15, 0.2) is 0 Å². The van der Waals surface area contributed by atoms with Gasteiger partial charge in [-0.05, 0) is 36.8 Å². The fraction of sp³-hybridized carbons (Fsp3) is 0.409. The second-order valence-electron chi connectivity index (χ2n) is 7.19. The largest absolute Gasteiger partial charge is 0.351 e. The highest BCUT2D eigenvalue weighted by atomic mass is 32.2. The number of benzene rings is 2. The van der Waals surface area contributed by atoms with Crippen LogP contribution in [0.1, 0.15) is 22.8 Å². The third kappa shape index (κ3) is 6.57. The van der Waals surface area contributed by atoms with Gasteiger partial charge < -0.3 is 5.32 Å². The lowest BCUT2D eigenvalue weighted by molar-refractivity contribution is 0.0956. The van der Waals surface area contributed by atoms with Crippen LogP contribution < -0.4 is 5.32 Å². The number of carbonyl (C=O) groups excluding carboxylic acids is 1. The Balaban J connectivity index is 1.45. The third-order valence-corrected chi connectivity index (χ3v) is 7.98. The molecule has 1 aliphatic rings. The Morgan fingerprint density at radius 1 is 1.03 bits per heavy atom. The molecule has 2 aromatic carbocycles. The maximum Gasteiger partial charge on any atom is 0.251 e. The highest BCUT2D eigenvalue weighted by Crippen LogP contribution is 2.16. The minimum Gasteiger partial charge on any atom is -0.351 e. The Morgan fingerprint density at radius 2 is 1.77 bits per heavy atom. The Hall–Kier alpha value is -1.87. The molecule has 0 aliphatic carbocycles. The van der Waals surface area contributed by atoms with Gasteiger partial charge in [0.05, 0.1) is 5.75 Å². The summed E-state index contributed by atoms with van der Waals surface area (Å²) in [7, 11) is -3.11. The number of hydrogen-bond acceptors (Lipinski definition) is 5. The molecule has 0 saturated carbocycles. The lowest BCUT2D eigenvalue weighted by Gasteiger charge is -2.33. The van der Waals surface area contributed by atoms with Gasteiger partial charge >= 0.3 is 0 Å². The van der Waals surface area contributed by atoms with Crippen LogP contribution in [0.2, 0.25) is 0 Å². The maximum absolute atomic E-state index is 12.5. The number of piperazine rings is 1. The Bertz CT molecular complexity index is 928. The SMILES string of the molecule is CCS(=O)(=O)N1CCN(Cc2cccc(C(=O)NCCSc3ccccc3)c2)CC1. The third-order valence-electron chi connectivity index (χ3n) is 5.08. The van der Waals surface area contributed by atoms with E-state index in [1.54, 1.807) is 23.0 Å². The van der Waals surface area contributed by atoms with E-state index in [0.717, 1.165) is 11.3 Å². The first-order valence-corrected chi connectivity index (χ1v) is 12.8. The van der Waals surface area contributed by atoms with E-state index in [2.05, 4.69) is 22.3 Å². The molecule has 6 nitrogen and oxygen atoms in total. The predicted octanol–water partition coefficient (Wildman–Crippen LogP) is 2.68. The van der Waals surface area contributed by atoms with Crippen molar-refractivity contribution in [2.75, 3.05) is 44.2 Å². The molecule has 2 aromatic rings. The van der Waals surface area contributed by atoms with Crippen molar-refractivity contribution >= 4 is 27.7 Å². The molecule has 162 valence electrons. The molecule has 8 heteroatoms. The lowest BCUT2D eigenvalue weighted by atomic mass is 10.1. The summed E-state index contributed by atoms with van der Waals surface area (Å²) in [6.45, 7) is 5.45. The molecule has 0 aromatic heterocycles. The van der Waals surface area contributed by atoms with Crippen molar-refractivity contribution in [3.8, 4) is 0 Å². The zero-order chi connectivity index (χ0) is 21.4. The van der Waals surface area contributed by atoms with E-state index in [9.17, 15) is 13.2 Å². The summed E-state index contributed by atoms with van der Waals surface area (Å²) in [5.74, 6) is 0.901.